The molecule has 0 amide bonds. The third-order valence-corrected chi connectivity index (χ3v) is 10.3. The maximum atomic E-state index is 6.75. The van der Waals surface area contributed by atoms with Crippen molar-refractivity contribution in [1.29, 1.82) is 0 Å². The normalized spacial score (nSPS) is 11.5. The van der Waals surface area contributed by atoms with Crippen molar-refractivity contribution in [2.24, 2.45) is 0 Å². The standard InChI is InChI=1S/C39H31N2O.C11H8N.Ir/c1-23(2)27-13-9-14-28(24(3)4)37(27)41-35-18-8-7-17-34(35)40-39(41)31-16-10-15-30-33-21-26-20-19-25-11-5-6-12-29(25)32(26)22-36(33)42-38(30)31;1-2-6-10(7-3-1)11-8-4-5-9-12-11;/h5-15,17-24H,1-4H3;1-6,8-9H;/q2*-1;. The SMILES string of the molecule is CC(C)c1cccc(C(C)C)c1-n1c(-c2[c-]ccc3c2oc2cc4c(ccc5ccccc54)cc23)nc2ccccc21.[Ir].[c-]1ccccc1-c1ccccn1. The first-order valence-electron chi connectivity index (χ1n) is 18.6. The molecule has 3 aromatic heterocycles. The number of imidazole rings is 1. The van der Waals surface area contributed by atoms with Gasteiger partial charge in [0.15, 0.2) is 0 Å². The Hall–Kier alpha value is -5.87. The Morgan fingerprint density at radius 3 is 2.11 bits per heavy atom. The van der Waals surface area contributed by atoms with Crippen LogP contribution in [0, 0.1) is 12.1 Å². The summed E-state index contributed by atoms with van der Waals surface area (Å²) >= 11 is 0. The van der Waals surface area contributed by atoms with Gasteiger partial charge in [-0.25, -0.2) is 0 Å². The Balaban J connectivity index is 0.000000280. The van der Waals surface area contributed by atoms with Crippen molar-refractivity contribution in [3.8, 4) is 28.3 Å². The number of furan rings is 1. The van der Waals surface area contributed by atoms with Gasteiger partial charge >= 0.3 is 0 Å². The number of nitrogens with zero attached hydrogens (tertiary/aromatic N) is 3. The summed E-state index contributed by atoms with van der Waals surface area (Å²) in [6.45, 7) is 9.06. The molecule has 10 aromatic rings. The Labute approximate surface area is 334 Å². The van der Waals surface area contributed by atoms with Gasteiger partial charge in [0.2, 0.25) is 0 Å². The van der Waals surface area contributed by atoms with Gasteiger partial charge in [-0.15, -0.1) is 54.1 Å². The topological polar surface area (TPSA) is 43.9 Å². The molecular weight excluding hydrogens is 851 g/mol. The fourth-order valence-electron chi connectivity index (χ4n) is 7.67. The third-order valence-electron chi connectivity index (χ3n) is 10.3. The minimum absolute atomic E-state index is 0. The molecule has 0 unspecified atom stereocenters. The summed E-state index contributed by atoms with van der Waals surface area (Å²) in [6.07, 6.45) is 1.79. The van der Waals surface area contributed by atoms with Crippen LogP contribution in [0.15, 0.2) is 156 Å². The number of rotatable bonds is 5. The van der Waals surface area contributed by atoms with Crippen molar-refractivity contribution >= 4 is 54.5 Å². The summed E-state index contributed by atoms with van der Waals surface area (Å²) in [5.74, 6) is 1.55. The van der Waals surface area contributed by atoms with Gasteiger partial charge in [0.05, 0.1) is 22.4 Å². The van der Waals surface area contributed by atoms with Crippen LogP contribution in [0.25, 0.3) is 82.8 Å². The van der Waals surface area contributed by atoms with E-state index in [-0.39, 0.29) is 20.1 Å². The first-order chi connectivity index (χ1) is 26.5. The fourth-order valence-corrected chi connectivity index (χ4v) is 7.67. The zero-order valence-corrected chi connectivity index (χ0v) is 33.6. The number of hydrogen-bond acceptors (Lipinski definition) is 3. The van der Waals surface area contributed by atoms with Gasteiger partial charge in [-0.2, -0.15) is 0 Å². The van der Waals surface area contributed by atoms with Crippen LogP contribution in [-0.2, 0) is 20.1 Å². The van der Waals surface area contributed by atoms with E-state index in [0.717, 1.165) is 55.6 Å². The van der Waals surface area contributed by atoms with E-state index in [4.69, 9.17) is 9.40 Å². The Kier molecular flexibility index (Phi) is 9.92. The van der Waals surface area contributed by atoms with Crippen LogP contribution in [0.1, 0.15) is 50.7 Å². The molecule has 0 atom stereocenters. The van der Waals surface area contributed by atoms with E-state index in [0.29, 0.717) is 11.8 Å². The van der Waals surface area contributed by atoms with Crippen molar-refractivity contribution < 1.29 is 24.5 Å². The number of aromatic nitrogens is 3. The van der Waals surface area contributed by atoms with Crippen LogP contribution in [0.4, 0.5) is 0 Å². The van der Waals surface area contributed by atoms with E-state index >= 15 is 0 Å². The summed E-state index contributed by atoms with van der Waals surface area (Å²) < 4.78 is 9.10. The smallest absolute Gasteiger partial charge is 0.121 e. The summed E-state index contributed by atoms with van der Waals surface area (Å²) in [6, 6.07) is 57.0. The van der Waals surface area contributed by atoms with Crippen molar-refractivity contribution in [2.75, 3.05) is 0 Å². The average molecular weight is 890 g/mol. The van der Waals surface area contributed by atoms with Crippen LogP contribution in [0.5, 0.6) is 0 Å². The minimum Gasteiger partial charge on any atom is -0.501 e. The van der Waals surface area contributed by atoms with Crippen molar-refractivity contribution in [3.05, 3.63) is 175 Å². The van der Waals surface area contributed by atoms with Crippen LogP contribution in [0.2, 0.25) is 0 Å². The minimum atomic E-state index is 0. The molecule has 0 N–H and O–H groups in total. The van der Waals surface area contributed by atoms with Crippen LogP contribution >= 0.6 is 0 Å². The number of fused-ring (bicyclic) bond motifs is 7. The second-order valence-electron chi connectivity index (χ2n) is 14.4. The molecule has 10 rings (SSSR count). The zero-order chi connectivity index (χ0) is 36.8. The second-order valence-corrected chi connectivity index (χ2v) is 14.4. The van der Waals surface area contributed by atoms with Gasteiger partial charge in [0.25, 0.3) is 0 Å². The quantitative estimate of drug-likeness (QED) is 0.128. The average Bonchev–Trinajstić information content (AvgIpc) is 3.79. The molecule has 0 saturated carbocycles. The third kappa shape index (κ3) is 6.54. The molecule has 0 aliphatic rings. The first-order valence-corrected chi connectivity index (χ1v) is 18.6. The van der Waals surface area contributed by atoms with E-state index < -0.39 is 0 Å². The van der Waals surface area contributed by atoms with Crippen molar-refractivity contribution in [1.82, 2.24) is 14.5 Å². The summed E-state index contributed by atoms with van der Waals surface area (Å²) in [5.41, 5.74) is 10.4. The molecule has 4 nitrogen and oxygen atoms in total. The van der Waals surface area contributed by atoms with Gasteiger partial charge in [-0.05, 0) is 80.5 Å². The molecule has 0 fully saturated rings. The molecule has 0 aliphatic carbocycles. The molecule has 1 radical (unpaired) electrons. The monoisotopic (exact) mass is 890 g/mol. The van der Waals surface area contributed by atoms with Gasteiger partial charge in [0.1, 0.15) is 5.58 Å². The Bertz CT molecular complexity index is 2880. The van der Waals surface area contributed by atoms with E-state index in [2.05, 4.69) is 146 Å². The van der Waals surface area contributed by atoms with E-state index in [1.54, 1.807) is 6.20 Å². The molecule has 55 heavy (non-hydrogen) atoms. The first kappa shape index (κ1) is 36.1. The number of benzene rings is 7. The van der Waals surface area contributed by atoms with E-state index in [9.17, 15) is 0 Å². The fraction of sp³-hybridized carbons (Fsp3) is 0.120. The molecule has 0 spiro atoms. The molecule has 3 heterocycles. The summed E-state index contributed by atoms with van der Waals surface area (Å²) in [7, 11) is 0. The maximum Gasteiger partial charge on any atom is 0.121 e. The van der Waals surface area contributed by atoms with Gasteiger partial charge in [-0.3, -0.25) is 4.98 Å². The Morgan fingerprint density at radius 1 is 0.600 bits per heavy atom. The van der Waals surface area contributed by atoms with Gasteiger partial charge < -0.3 is 14.0 Å². The van der Waals surface area contributed by atoms with E-state index in [1.165, 1.54) is 38.4 Å². The van der Waals surface area contributed by atoms with Crippen molar-refractivity contribution in [2.45, 2.75) is 39.5 Å². The van der Waals surface area contributed by atoms with Crippen molar-refractivity contribution in [3.63, 3.8) is 0 Å². The molecule has 271 valence electrons. The summed E-state index contributed by atoms with van der Waals surface area (Å²) in [5, 5.41) is 7.05. The molecule has 0 saturated heterocycles. The predicted octanol–water partition coefficient (Wildman–Crippen LogP) is 13.5. The summed E-state index contributed by atoms with van der Waals surface area (Å²) in [4.78, 5) is 9.47. The second kappa shape index (κ2) is 15.1. The molecule has 5 heteroatoms. The number of para-hydroxylation sites is 3. The molecule has 7 aromatic carbocycles. The van der Waals surface area contributed by atoms with Gasteiger partial charge in [-0.1, -0.05) is 118 Å². The van der Waals surface area contributed by atoms with Crippen LogP contribution in [-0.4, -0.2) is 14.5 Å². The zero-order valence-electron chi connectivity index (χ0n) is 31.2. The van der Waals surface area contributed by atoms with Crippen LogP contribution in [0.3, 0.4) is 0 Å². The molecular formula is C50H39IrN3O-2. The van der Waals surface area contributed by atoms with Gasteiger partial charge in [0, 0.05) is 37.4 Å². The molecule has 0 aliphatic heterocycles. The predicted molar refractivity (Wildman–Crippen MR) is 224 cm³/mol. The van der Waals surface area contributed by atoms with E-state index in [1.807, 2.05) is 48.5 Å². The number of pyridine rings is 1. The number of hydrogen-bond donors (Lipinski definition) is 0. The Morgan fingerprint density at radius 2 is 1.35 bits per heavy atom. The maximum absolute atomic E-state index is 6.75. The largest absolute Gasteiger partial charge is 0.501 e. The molecule has 0 bridgehead atoms. The van der Waals surface area contributed by atoms with Crippen LogP contribution < -0.4 is 0 Å².